The fraction of sp³-hybridized carbons (Fsp3) is 0.750. The average Bonchev–Trinajstić information content (AvgIpc) is 2.65. The van der Waals surface area contributed by atoms with Crippen LogP contribution in [0.5, 0.6) is 0 Å². The normalized spacial score (nSPS) is 19.7. The highest BCUT2D eigenvalue weighted by molar-refractivity contribution is 7.10. The van der Waals surface area contributed by atoms with E-state index in [1.54, 1.807) is 5.56 Å². The van der Waals surface area contributed by atoms with E-state index in [9.17, 15) is 0 Å². The van der Waals surface area contributed by atoms with E-state index in [0.29, 0.717) is 6.04 Å². The van der Waals surface area contributed by atoms with E-state index >= 15 is 0 Å². The van der Waals surface area contributed by atoms with Gasteiger partial charge in [-0.3, -0.25) is 0 Å². The molecule has 0 spiro atoms. The highest BCUT2D eigenvalue weighted by Crippen LogP contribution is 2.36. The Morgan fingerprint density at radius 3 is 2.56 bits per heavy atom. The molecule has 1 aliphatic rings. The van der Waals surface area contributed by atoms with Gasteiger partial charge in [0, 0.05) is 10.9 Å². The maximum Gasteiger partial charge on any atom is 0.0359 e. The molecule has 18 heavy (non-hydrogen) atoms. The molecule has 0 radical (unpaired) electrons. The van der Waals surface area contributed by atoms with Crippen LogP contribution in [0.4, 0.5) is 0 Å². The first-order valence-electron chi connectivity index (χ1n) is 7.60. The maximum atomic E-state index is 3.82. The van der Waals surface area contributed by atoms with Gasteiger partial charge in [0.15, 0.2) is 0 Å². The second-order valence-corrected chi connectivity index (χ2v) is 6.74. The zero-order valence-electron chi connectivity index (χ0n) is 11.9. The van der Waals surface area contributed by atoms with Crippen LogP contribution in [0.1, 0.15) is 68.4 Å². The third-order valence-electron chi connectivity index (χ3n) is 4.22. The minimum Gasteiger partial charge on any atom is -0.310 e. The Balaban J connectivity index is 2.10. The highest BCUT2D eigenvalue weighted by atomic mass is 32.1. The first-order valence-corrected chi connectivity index (χ1v) is 8.48. The van der Waals surface area contributed by atoms with E-state index in [4.69, 9.17) is 0 Å². The van der Waals surface area contributed by atoms with Crippen LogP contribution in [0, 0.1) is 12.8 Å². The van der Waals surface area contributed by atoms with Crippen molar-refractivity contribution in [2.24, 2.45) is 5.92 Å². The Hall–Kier alpha value is -0.340. The van der Waals surface area contributed by atoms with E-state index in [1.807, 2.05) is 11.3 Å². The summed E-state index contributed by atoms with van der Waals surface area (Å²) in [6.07, 6.45) is 9.80. The van der Waals surface area contributed by atoms with Crippen molar-refractivity contribution in [2.75, 3.05) is 6.54 Å². The van der Waals surface area contributed by atoms with E-state index in [-0.39, 0.29) is 0 Å². The summed E-state index contributed by atoms with van der Waals surface area (Å²) in [5, 5.41) is 6.07. The summed E-state index contributed by atoms with van der Waals surface area (Å²) in [5.41, 5.74) is 1.57. The van der Waals surface area contributed by atoms with Crippen molar-refractivity contribution in [2.45, 2.75) is 64.8 Å². The molecule has 1 saturated carbocycles. The Kier molecular flexibility index (Phi) is 5.71. The first kappa shape index (κ1) is 14.1. The smallest absolute Gasteiger partial charge is 0.0359 e. The van der Waals surface area contributed by atoms with Gasteiger partial charge in [-0.1, -0.05) is 32.6 Å². The summed E-state index contributed by atoms with van der Waals surface area (Å²) in [6.45, 7) is 5.69. The van der Waals surface area contributed by atoms with E-state index < -0.39 is 0 Å². The third-order valence-corrected chi connectivity index (χ3v) is 5.08. The van der Waals surface area contributed by atoms with Gasteiger partial charge in [0.05, 0.1) is 0 Å². The number of hydrogen-bond acceptors (Lipinski definition) is 2. The van der Waals surface area contributed by atoms with Crippen LogP contribution in [0.25, 0.3) is 0 Å². The molecule has 2 heteroatoms. The lowest BCUT2D eigenvalue weighted by molar-refractivity contribution is 0.325. The molecule has 1 aromatic heterocycles. The van der Waals surface area contributed by atoms with Crippen molar-refractivity contribution in [1.29, 1.82) is 0 Å². The predicted octanol–water partition coefficient (Wildman–Crippen LogP) is 5.07. The lowest BCUT2D eigenvalue weighted by atomic mass is 9.87. The van der Waals surface area contributed by atoms with Crippen LogP contribution < -0.4 is 5.32 Å². The maximum absolute atomic E-state index is 3.82. The van der Waals surface area contributed by atoms with Gasteiger partial charge in [-0.2, -0.15) is 0 Å². The van der Waals surface area contributed by atoms with Crippen molar-refractivity contribution in [3.8, 4) is 0 Å². The molecule has 1 nitrogen and oxygen atoms in total. The quantitative estimate of drug-likeness (QED) is 0.733. The summed E-state index contributed by atoms with van der Waals surface area (Å²) in [7, 11) is 0. The van der Waals surface area contributed by atoms with Gasteiger partial charge in [-0.05, 0) is 55.7 Å². The molecule has 1 unspecified atom stereocenters. The molecule has 1 atom stereocenters. The Morgan fingerprint density at radius 2 is 2.00 bits per heavy atom. The summed E-state index contributed by atoms with van der Waals surface area (Å²) in [5.74, 6) is 0.854. The fourth-order valence-electron chi connectivity index (χ4n) is 3.19. The molecule has 0 aromatic carbocycles. The van der Waals surface area contributed by atoms with Crippen LogP contribution in [-0.4, -0.2) is 6.54 Å². The summed E-state index contributed by atoms with van der Waals surface area (Å²) in [6, 6.07) is 2.95. The number of aryl methyl sites for hydroxylation is 1. The van der Waals surface area contributed by atoms with E-state index in [2.05, 4.69) is 30.6 Å². The second kappa shape index (κ2) is 7.30. The van der Waals surface area contributed by atoms with Gasteiger partial charge in [0.2, 0.25) is 0 Å². The Labute approximate surface area is 116 Å². The highest BCUT2D eigenvalue weighted by Gasteiger charge is 2.25. The standard InChI is InChI=1S/C16H27NS/c1-3-11-17-16(15-10-12-18-13(15)2)14-8-6-4-5-7-9-14/h10,12,14,16-17H,3-9,11H2,1-2H3. The number of rotatable bonds is 5. The number of hydrogen-bond donors (Lipinski definition) is 1. The molecular weight excluding hydrogens is 238 g/mol. The molecule has 102 valence electrons. The molecule has 1 fully saturated rings. The second-order valence-electron chi connectivity index (χ2n) is 5.62. The summed E-state index contributed by atoms with van der Waals surface area (Å²) in [4.78, 5) is 1.51. The zero-order valence-corrected chi connectivity index (χ0v) is 12.7. The van der Waals surface area contributed by atoms with Gasteiger partial charge < -0.3 is 5.32 Å². The number of thiophene rings is 1. The first-order chi connectivity index (χ1) is 8.83. The average molecular weight is 265 g/mol. The fourth-order valence-corrected chi connectivity index (χ4v) is 3.94. The largest absolute Gasteiger partial charge is 0.310 e. The van der Waals surface area contributed by atoms with Crippen LogP contribution >= 0.6 is 11.3 Å². The SMILES string of the molecule is CCCNC(c1ccsc1C)C1CCCCCC1. The van der Waals surface area contributed by atoms with Crippen LogP contribution in [0.15, 0.2) is 11.4 Å². The lowest BCUT2D eigenvalue weighted by Gasteiger charge is -2.27. The monoisotopic (exact) mass is 265 g/mol. The van der Waals surface area contributed by atoms with Gasteiger partial charge in [-0.25, -0.2) is 0 Å². The molecule has 0 saturated heterocycles. The molecule has 0 bridgehead atoms. The van der Waals surface area contributed by atoms with Crippen molar-refractivity contribution < 1.29 is 0 Å². The van der Waals surface area contributed by atoms with Gasteiger partial charge in [0.25, 0.3) is 0 Å². The molecular formula is C16H27NS. The predicted molar refractivity (Wildman–Crippen MR) is 81.3 cm³/mol. The zero-order chi connectivity index (χ0) is 12.8. The summed E-state index contributed by atoms with van der Waals surface area (Å²) >= 11 is 1.90. The van der Waals surface area contributed by atoms with E-state index in [0.717, 1.165) is 12.5 Å². The topological polar surface area (TPSA) is 12.0 Å². The summed E-state index contributed by atoms with van der Waals surface area (Å²) < 4.78 is 0. The Bertz CT molecular complexity index is 337. The van der Waals surface area contributed by atoms with E-state index in [1.165, 1.54) is 49.8 Å². The van der Waals surface area contributed by atoms with Crippen LogP contribution in [-0.2, 0) is 0 Å². The van der Waals surface area contributed by atoms with Gasteiger partial charge >= 0.3 is 0 Å². The molecule has 1 aliphatic carbocycles. The van der Waals surface area contributed by atoms with Crippen LogP contribution in [0.3, 0.4) is 0 Å². The molecule has 1 heterocycles. The molecule has 1 aromatic rings. The molecule has 0 amide bonds. The van der Waals surface area contributed by atoms with Crippen molar-refractivity contribution in [1.82, 2.24) is 5.32 Å². The van der Waals surface area contributed by atoms with Crippen LogP contribution in [0.2, 0.25) is 0 Å². The molecule has 0 aliphatic heterocycles. The van der Waals surface area contributed by atoms with Crippen molar-refractivity contribution >= 4 is 11.3 Å². The molecule has 2 rings (SSSR count). The number of nitrogens with one attached hydrogen (secondary N) is 1. The third kappa shape index (κ3) is 3.58. The Morgan fingerprint density at radius 1 is 1.28 bits per heavy atom. The van der Waals surface area contributed by atoms with Gasteiger partial charge in [0.1, 0.15) is 0 Å². The minimum absolute atomic E-state index is 0.606. The lowest BCUT2D eigenvalue weighted by Crippen LogP contribution is -2.29. The van der Waals surface area contributed by atoms with Crippen molar-refractivity contribution in [3.05, 3.63) is 21.9 Å². The van der Waals surface area contributed by atoms with Gasteiger partial charge in [-0.15, -0.1) is 11.3 Å². The van der Waals surface area contributed by atoms with Crippen molar-refractivity contribution in [3.63, 3.8) is 0 Å². The molecule has 1 N–H and O–H groups in total. The minimum atomic E-state index is 0.606.